The van der Waals surface area contributed by atoms with Crippen molar-refractivity contribution in [3.05, 3.63) is 11.4 Å². The van der Waals surface area contributed by atoms with E-state index in [9.17, 15) is 8.42 Å². The number of H-pyrrole nitrogens is 1. The van der Waals surface area contributed by atoms with Gasteiger partial charge < -0.3 is 5.11 Å². The first-order chi connectivity index (χ1) is 8.48. The van der Waals surface area contributed by atoms with Crippen molar-refractivity contribution in [1.82, 2.24) is 14.5 Å². The fraction of sp³-hybridized carbons (Fsp3) is 0.727. The largest absolute Gasteiger partial charge is 0.396 e. The average Bonchev–Trinajstić information content (AvgIpc) is 3.05. The van der Waals surface area contributed by atoms with Gasteiger partial charge in [0.05, 0.1) is 11.4 Å². The van der Waals surface area contributed by atoms with Crippen LogP contribution in [0.4, 0.5) is 0 Å². The van der Waals surface area contributed by atoms with E-state index in [4.69, 9.17) is 5.11 Å². The smallest absolute Gasteiger partial charge is 0.246 e. The second-order valence-corrected chi connectivity index (χ2v) is 6.51. The predicted octanol–water partition coefficient (Wildman–Crippen LogP) is 0.562. The highest BCUT2D eigenvalue weighted by Gasteiger charge is 2.39. The van der Waals surface area contributed by atoms with Crippen molar-refractivity contribution in [2.75, 3.05) is 13.2 Å². The molecule has 2 N–H and O–H groups in total. The van der Waals surface area contributed by atoms with Crippen LogP contribution >= 0.6 is 0 Å². The van der Waals surface area contributed by atoms with Crippen molar-refractivity contribution in [1.29, 1.82) is 0 Å². The minimum atomic E-state index is -3.50. The predicted molar refractivity (Wildman–Crippen MR) is 66.7 cm³/mol. The molecule has 0 unspecified atom stereocenters. The van der Waals surface area contributed by atoms with Crippen LogP contribution < -0.4 is 0 Å². The zero-order chi connectivity index (χ0) is 13.3. The normalized spacial score (nSPS) is 16.4. The van der Waals surface area contributed by atoms with Gasteiger partial charge in [-0.15, -0.1) is 0 Å². The van der Waals surface area contributed by atoms with Gasteiger partial charge in [-0.1, -0.05) is 0 Å². The Bertz CT molecular complexity index is 500. The molecule has 0 spiro atoms. The molecule has 0 bridgehead atoms. The van der Waals surface area contributed by atoms with Crippen LogP contribution in [0.2, 0.25) is 0 Å². The van der Waals surface area contributed by atoms with Crippen LogP contribution in [0.25, 0.3) is 0 Å². The third kappa shape index (κ3) is 2.43. The lowest BCUT2D eigenvalue weighted by Crippen LogP contribution is -2.35. The minimum absolute atomic E-state index is 0.00207. The molecule has 1 saturated carbocycles. The Morgan fingerprint density at radius 3 is 2.56 bits per heavy atom. The Hall–Kier alpha value is -0.920. The zero-order valence-corrected chi connectivity index (χ0v) is 11.5. The van der Waals surface area contributed by atoms with Gasteiger partial charge in [0, 0.05) is 19.2 Å². The summed E-state index contributed by atoms with van der Waals surface area (Å²) in [5, 5.41) is 15.5. The Kier molecular flexibility index (Phi) is 3.74. The SMILES string of the molecule is Cc1n[nH]c(C)c1S(=O)(=O)N(CCCO)C1CC1. The topological polar surface area (TPSA) is 86.3 Å². The van der Waals surface area contributed by atoms with E-state index < -0.39 is 10.0 Å². The second kappa shape index (κ2) is 4.99. The summed E-state index contributed by atoms with van der Waals surface area (Å²) in [4.78, 5) is 0.285. The number of aromatic nitrogens is 2. The summed E-state index contributed by atoms with van der Waals surface area (Å²) in [5.74, 6) is 0. The zero-order valence-electron chi connectivity index (χ0n) is 10.7. The summed E-state index contributed by atoms with van der Waals surface area (Å²) in [6, 6.07) is 0.0928. The monoisotopic (exact) mass is 273 g/mol. The molecule has 7 heteroatoms. The van der Waals surface area contributed by atoms with Crippen LogP contribution in [0, 0.1) is 13.8 Å². The highest BCUT2D eigenvalue weighted by molar-refractivity contribution is 7.89. The number of nitrogens with zero attached hydrogens (tertiary/aromatic N) is 2. The van der Waals surface area contributed by atoms with Crippen molar-refractivity contribution in [2.45, 2.75) is 44.0 Å². The molecule has 2 rings (SSSR count). The van der Waals surface area contributed by atoms with Crippen LogP contribution in [0.5, 0.6) is 0 Å². The molecule has 1 heterocycles. The van der Waals surface area contributed by atoms with E-state index in [1.165, 1.54) is 4.31 Å². The van der Waals surface area contributed by atoms with Crippen LogP contribution in [0.15, 0.2) is 4.90 Å². The van der Waals surface area contributed by atoms with Crippen molar-refractivity contribution in [3.63, 3.8) is 0 Å². The summed E-state index contributed by atoms with van der Waals surface area (Å²) in [5.41, 5.74) is 1.07. The van der Waals surface area contributed by atoms with Gasteiger partial charge >= 0.3 is 0 Å². The van der Waals surface area contributed by atoms with Crippen LogP contribution in [-0.2, 0) is 10.0 Å². The second-order valence-electron chi connectivity index (χ2n) is 4.69. The number of aliphatic hydroxyl groups excluding tert-OH is 1. The number of aryl methyl sites for hydroxylation is 2. The van der Waals surface area contributed by atoms with Gasteiger partial charge in [0.2, 0.25) is 10.0 Å². The average molecular weight is 273 g/mol. The maximum atomic E-state index is 12.6. The van der Waals surface area contributed by atoms with Crippen molar-refractivity contribution < 1.29 is 13.5 Å². The van der Waals surface area contributed by atoms with Crippen LogP contribution in [0.1, 0.15) is 30.7 Å². The molecule has 0 radical (unpaired) electrons. The lowest BCUT2D eigenvalue weighted by molar-refractivity contribution is 0.267. The van der Waals surface area contributed by atoms with E-state index in [0.29, 0.717) is 24.4 Å². The molecule has 0 atom stereocenters. The van der Waals surface area contributed by atoms with Gasteiger partial charge in [0.15, 0.2) is 0 Å². The maximum absolute atomic E-state index is 12.6. The Morgan fingerprint density at radius 2 is 2.11 bits per heavy atom. The van der Waals surface area contributed by atoms with Gasteiger partial charge in [-0.3, -0.25) is 5.10 Å². The number of hydrogen-bond acceptors (Lipinski definition) is 4. The molecule has 0 saturated heterocycles. The summed E-state index contributed by atoms with van der Waals surface area (Å²) in [7, 11) is -3.50. The molecule has 0 amide bonds. The lowest BCUT2D eigenvalue weighted by Gasteiger charge is -2.21. The van der Waals surface area contributed by atoms with Gasteiger partial charge in [-0.25, -0.2) is 8.42 Å². The maximum Gasteiger partial charge on any atom is 0.246 e. The number of aliphatic hydroxyl groups is 1. The molecule has 18 heavy (non-hydrogen) atoms. The lowest BCUT2D eigenvalue weighted by atomic mass is 10.4. The molecule has 102 valence electrons. The van der Waals surface area contributed by atoms with E-state index in [0.717, 1.165) is 12.8 Å². The number of sulfonamides is 1. The first-order valence-corrected chi connectivity index (χ1v) is 7.56. The fourth-order valence-electron chi connectivity index (χ4n) is 2.13. The third-order valence-corrected chi connectivity index (χ3v) is 5.33. The molecular formula is C11H19N3O3S. The molecule has 6 nitrogen and oxygen atoms in total. The van der Waals surface area contributed by atoms with E-state index in [1.54, 1.807) is 13.8 Å². The van der Waals surface area contributed by atoms with Crippen molar-refractivity contribution in [2.24, 2.45) is 0 Å². The van der Waals surface area contributed by atoms with E-state index in [1.807, 2.05) is 0 Å². The molecule has 0 aliphatic heterocycles. The Balaban J connectivity index is 2.33. The molecule has 1 aromatic rings. The summed E-state index contributed by atoms with van der Waals surface area (Å²) in [6.07, 6.45) is 2.27. The number of rotatable bonds is 6. The Morgan fingerprint density at radius 1 is 1.44 bits per heavy atom. The molecular weight excluding hydrogens is 254 g/mol. The minimum Gasteiger partial charge on any atom is -0.396 e. The number of hydrogen-bond donors (Lipinski definition) is 2. The fourth-order valence-corrected chi connectivity index (χ4v) is 4.18. The van der Waals surface area contributed by atoms with Gasteiger partial charge in [0.1, 0.15) is 4.90 Å². The van der Waals surface area contributed by atoms with E-state index in [2.05, 4.69) is 10.2 Å². The Labute approximate surface area is 107 Å². The van der Waals surface area contributed by atoms with Gasteiger partial charge in [-0.2, -0.15) is 9.40 Å². The summed E-state index contributed by atoms with van der Waals surface area (Å²) >= 11 is 0. The van der Waals surface area contributed by atoms with Crippen molar-refractivity contribution >= 4 is 10.0 Å². The van der Waals surface area contributed by atoms with Crippen LogP contribution in [0.3, 0.4) is 0 Å². The molecule has 0 aromatic carbocycles. The highest BCUT2D eigenvalue weighted by Crippen LogP contribution is 2.33. The van der Waals surface area contributed by atoms with E-state index >= 15 is 0 Å². The quantitative estimate of drug-likeness (QED) is 0.793. The number of aromatic amines is 1. The van der Waals surface area contributed by atoms with E-state index in [-0.39, 0.29) is 17.5 Å². The first-order valence-electron chi connectivity index (χ1n) is 6.12. The molecule has 1 aliphatic rings. The number of nitrogens with one attached hydrogen (secondary N) is 1. The molecule has 1 fully saturated rings. The van der Waals surface area contributed by atoms with Crippen molar-refractivity contribution in [3.8, 4) is 0 Å². The molecule has 1 aliphatic carbocycles. The molecule has 1 aromatic heterocycles. The van der Waals surface area contributed by atoms with Gasteiger partial charge in [-0.05, 0) is 33.1 Å². The summed E-state index contributed by atoms with van der Waals surface area (Å²) in [6.45, 7) is 3.77. The van der Waals surface area contributed by atoms with Crippen LogP contribution in [-0.4, -0.2) is 47.2 Å². The third-order valence-electron chi connectivity index (χ3n) is 3.12. The standard InChI is InChI=1S/C11H19N3O3S/c1-8-11(9(2)13-12-8)18(16,17)14(6-3-7-15)10-4-5-10/h10,15H,3-7H2,1-2H3,(H,12,13). The van der Waals surface area contributed by atoms with Gasteiger partial charge in [0.25, 0.3) is 0 Å². The summed E-state index contributed by atoms with van der Waals surface area (Å²) < 4.78 is 26.7. The highest BCUT2D eigenvalue weighted by atomic mass is 32.2. The first kappa shape index (κ1) is 13.5.